The van der Waals surface area contributed by atoms with Gasteiger partial charge in [-0.25, -0.2) is 9.52 Å². The summed E-state index contributed by atoms with van der Waals surface area (Å²) in [4.78, 5) is 40.4. The van der Waals surface area contributed by atoms with E-state index in [2.05, 4.69) is 10.0 Å². The lowest BCUT2D eigenvalue weighted by Gasteiger charge is -2.18. The molecule has 1 aromatic heterocycles. The van der Waals surface area contributed by atoms with Crippen LogP contribution in [0.4, 0.5) is 5.69 Å². The Bertz CT molecular complexity index is 880. The molecule has 4 N–H and O–H groups in total. The van der Waals surface area contributed by atoms with Crippen LogP contribution < -0.4 is 14.9 Å². The highest BCUT2D eigenvalue weighted by molar-refractivity contribution is 7.97. The number of hydrogen-bond donors (Lipinski definition) is 4. The number of nitrogens with one attached hydrogen (secondary N) is 2. The molecule has 1 aromatic carbocycles. The second-order valence-corrected chi connectivity index (χ2v) is 7.06. The van der Waals surface area contributed by atoms with E-state index in [1.807, 2.05) is 0 Å². The van der Waals surface area contributed by atoms with Gasteiger partial charge in [0.15, 0.2) is 0 Å². The maximum atomic E-state index is 12.5. The van der Waals surface area contributed by atoms with Gasteiger partial charge in [-0.05, 0) is 31.9 Å². The van der Waals surface area contributed by atoms with Crippen LogP contribution in [0.3, 0.4) is 0 Å². The molecule has 0 aliphatic heterocycles. The summed E-state index contributed by atoms with van der Waals surface area (Å²) in [6.45, 7) is 3.49. The highest BCUT2D eigenvalue weighted by Gasteiger charge is 2.27. The Hall–Kier alpha value is -3.25. The van der Waals surface area contributed by atoms with E-state index in [1.165, 1.54) is 18.2 Å². The Morgan fingerprint density at radius 3 is 2.41 bits per heavy atom. The highest BCUT2D eigenvalue weighted by Crippen LogP contribution is 2.27. The predicted molar refractivity (Wildman–Crippen MR) is 103 cm³/mol. The third kappa shape index (κ3) is 6.12. The van der Waals surface area contributed by atoms with Gasteiger partial charge in [-0.3, -0.25) is 14.9 Å². The zero-order valence-corrected chi connectivity index (χ0v) is 16.4. The zero-order chi connectivity index (χ0) is 21.6. The minimum atomic E-state index is -1.24. The lowest BCUT2D eigenvalue weighted by atomic mass is 10.2. The topological polar surface area (TPSA) is 156 Å². The Morgan fingerprint density at radius 2 is 1.83 bits per heavy atom. The molecule has 1 atom stereocenters. The van der Waals surface area contributed by atoms with E-state index in [4.69, 9.17) is 4.84 Å². The van der Waals surface area contributed by atoms with Crippen molar-refractivity contribution in [2.45, 2.75) is 37.2 Å². The van der Waals surface area contributed by atoms with Crippen LogP contribution in [-0.4, -0.2) is 43.8 Å². The molecule has 0 fully saturated rings. The minimum Gasteiger partial charge on any atom is -0.492 e. The third-order valence-electron chi connectivity index (χ3n) is 3.48. The molecular weight excluding hydrogens is 404 g/mol. The summed E-state index contributed by atoms with van der Waals surface area (Å²) >= 11 is 0.787. The molecule has 1 amide bonds. The Labute approximate surface area is 169 Å². The first-order valence-corrected chi connectivity index (χ1v) is 9.27. The molecule has 2 aromatic rings. The molecule has 0 bridgehead atoms. The molecule has 0 radical (unpaired) electrons. The zero-order valence-electron chi connectivity index (χ0n) is 15.6. The van der Waals surface area contributed by atoms with E-state index in [0.29, 0.717) is 4.73 Å². The van der Waals surface area contributed by atoms with E-state index < -0.39 is 34.6 Å². The minimum absolute atomic E-state index is 0.167. The van der Waals surface area contributed by atoms with Gasteiger partial charge >= 0.3 is 5.97 Å². The molecule has 0 spiro atoms. The summed E-state index contributed by atoms with van der Waals surface area (Å²) in [5.41, 5.74) is -0.176. The van der Waals surface area contributed by atoms with Gasteiger partial charge in [0.1, 0.15) is 10.9 Å². The molecule has 12 heteroatoms. The monoisotopic (exact) mass is 424 g/mol. The van der Waals surface area contributed by atoms with Crippen molar-refractivity contribution in [3.63, 3.8) is 0 Å². The maximum absolute atomic E-state index is 12.5. The predicted octanol–water partition coefficient (Wildman–Crippen LogP) is 1.34. The fourth-order valence-corrected chi connectivity index (χ4v) is 3.06. The molecule has 1 unspecified atom stereocenters. The van der Waals surface area contributed by atoms with Crippen LogP contribution >= 0.6 is 11.9 Å². The molecule has 0 saturated carbocycles. The van der Waals surface area contributed by atoms with Gasteiger partial charge in [0.25, 0.3) is 5.69 Å². The van der Waals surface area contributed by atoms with E-state index in [-0.39, 0.29) is 23.0 Å². The molecule has 29 heavy (non-hydrogen) atoms. The van der Waals surface area contributed by atoms with Crippen LogP contribution in [0.1, 0.15) is 20.3 Å². The summed E-state index contributed by atoms with van der Waals surface area (Å²) in [5, 5.41) is 33.0. The SMILES string of the molecule is CC(C)NC(=O)CC(NSc1ccccc1[N+](=O)[O-])C(=O)On1c(O)ccc1O. The normalized spacial score (nSPS) is 11.8. The number of benzene rings is 1. The van der Waals surface area contributed by atoms with Crippen molar-refractivity contribution < 1.29 is 29.6 Å². The standard InChI is InChI=1S/C17H20N4O7S/c1-10(2)18-14(22)9-11(17(25)28-20-15(23)7-8-16(20)24)19-29-13-6-4-3-5-12(13)21(26)27/h3-8,10-11,19,23-24H,9H2,1-2H3,(H,18,22). The average molecular weight is 424 g/mol. The number of aromatic hydroxyl groups is 2. The number of hydrogen-bond acceptors (Lipinski definition) is 9. The summed E-state index contributed by atoms with van der Waals surface area (Å²) < 4.78 is 3.18. The number of carbonyl (C=O) groups excluding carboxylic acids is 2. The number of rotatable bonds is 9. The van der Waals surface area contributed by atoms with E-state index in [1.54, 1.807) is 19.9 Å². The Kier molecular flexibility index (Phi) is 7.45. The molecular formula is C17H20N4O7S. The summed E-state index contributed by atoms with van der Waals surface area (Å²) in [7, 11) is 0. The molecule has 2 rings (SSSR count). The fourth-order valence-electron chi connectivity index (χ4n) is 2.22. The summed E-state index contributed by atoms with van der Waals surface area (Å²) in [6, 6.07) is 6.69. The number of nitro groups is 1. The van der Waals surface area contributed by atoms with Gasteiger partial charge in [0.2, 0.25) is 17.7 Å². The van der Waals surface area contributed by atoms with Crippen molar-refractivity contribution in [1.29, 1.82) is 0 Å². The van der Waals surface area contributed by atoms with Gasteiger partial charge < -0.3 is 20.4 Å². The van der Waals surface area contributed by atoms with Crippen molar-refractivity contribution in [3.05, 3.63) is 46.5 Å². The lowest BCUT2D eigenvalue weighted by molar-refractivity contribution is -0.387. The highest BCUT2D eigenvalue weighted by atomic mass is 32.2. The number of carbonyl (C=O) groups is 2. The largest absolute Gasteiger partial charge is 0.492 e. The Balaban J connectivity index is 2.17. The second-order valence-electron chi connectivity index (χ2n) is 6.18. The van der Waals surface area contributed by atoms with Crippen LogP contribution in [0.15, 0.2) is 41.3 Å². The third-order valence-corrected chi connectivity index (χ3v) is 4.44. The van der Waals surface area contributed by atoms with Crippen molar-refractivity contribution in [1.82, 2.24) is 14.8 Å². The van der Waals surface area contributed by atoms with Gasteiger partial charge in [0, 0.05) is 24.2 Å². The van der Waals surface area contributed by atoms with Crippen LogP contribution in [0.2, 0.25) is 0 Å². The lowest BCUT2D eigenvalue weighted by Crippen LogP contribution is -2.43. The van der Waals surface area contributed by atoms with Crippen molar-refractivity contribution in [2.75, 3.05) is 0 Å². The summed E-state index contributed by atoms with van der Waals surface area (Å²) in [5.74, 6) is -2.49. The number of nitro benzene ring substituents is 1. The maximum Gasteiger partial charge on any atom is 0.351 e. The molecule has 11 nitrogen and oxygen atoms in total. The van der Waals surface area contributed by atoms with Crippen LogP contribution in [0.25, 0.3) is 0 Å². The number of aromatic nitrogens is 1. The molecule has 0 aliphatic rings. The van der Waals surface area contributed by atoms with E-state index in [0.717, 1.165) is 24.1 Å². The van der Waals surface area contributed by atoms with Crippen molar-refractivity contribution in [3.8, 4) is 11.8 Å². The number of amides is 1. The molecule has 156 valence electrons. The van der Waals surface area contributed by atoms with Gasteiger partial charge in [0.05, 0.1) is 11.3 Å². The van der Waals surface area contributed by atoms with Crippen LogP contribution in [0.5, 0.6) is 11.8 Å². The first kappa shape index (κ1) is 22.0. The molecule has 1 heterocycles. The quantitative estimate of drug-likeness (QED) is 0.265. The van der Waals surface area contributed by atoms with Crippen molar-refractivity contribution in [2.24, 2.45) is 0 Å². The smallest absolute Gasteiger partial charge is 0.351 e. The van der Waals surface area contributed by atoms with E-state index in [9.17, 15) is 29.9 Å². The average Bonchev–Trinajstić information content (AvgIpc) is 2.96. The molecule has 0 saturated heterocycles. The first-order chi connectivity index (χ1) is 13.7. The van der Waals surface area contributed by atoms with Gasteiger partial charge in [-0.15, -0.1) is 4.73 Å². The van der Waals surface area contributed by atoms with Gasteiger partial charge in [-0.2, -0.15) is 0 Å². The van der Waals surface area contributed by atoms with Crippen LogP contribution in [0, 0.1) is 10.1 Å². The second kappa shape index (κ2) is 9.80. The number of nitrogens with zero attached hydrogens (tertiary/aromatic N) is 2. The molecule has 0 aliphatic carbocycles. The fraction of sp³-hybridized carbons (Fsp3) is 0.294. The van der Waals surface area contributed by atoms with Gasteiger partial charge in [-0.1, -0.05) is 12.1 Å². The number of para-hydroxylation sites is 1. The first-order valence-electron chi connectivity index (χ1n) is 8.46. The van der Waals surface area contributed by atoms with E-state index >= 15 is 0 Å². The van der Waals surface area contributed by atoms with Crippen LogP contribution in [-0.2, 0) is 9.59 Å². The summed E-state index contributed by atoms with van der Waals surface area (Å²) in [6.07, 6.45) is -0.340. The Morgan fingerprint density at radius 1 is 1.21 bits per heavy atom. The van der Waals surface area contributed by atoms with Crippen molar-refractivity contribution >= 4 is 29.5 Å².